The molecule has 5 heteroatoms. The zero-order valence-electron chi connectivity index (χ0n) is 8.71. The van der Waals surface area contributed by atoms with E-state index >= 15 is 0 Å². The second-order valence-electron chi connectivity index (χ2n) is 3.58. The molecule has 0 aliphatic carbocycles. The predicted octanol–water partition coefficient (Wildman–Crippen LogP) is 1.88. The Hall–Kier alpha value is -2.30. The van der Waals surface area contributed by atoms with Crippen LogP contribution in [0.25, 0.3) is 17.2 Å². The van der Waals surface area contributed by atoms with Crippen LogP contribution in [-0.2, 0) is 0 Å². The van der Waals surface area contributed by atoms with Crippen molar-refractivity contribution in [2.24, 2.45) is 0 Å². The monoisotopic (exact) mass is 214 g/mol. The van der Waals surface area contributed by atoms with Crippen LogP contribution in [0.5, 0.6) is 0 Å². The molecule has 2 heterocycles. The molecular weight excluding hydrogens is 204 g/mol. The number of fused-ring (bicyclic) bond motifs is 1. The van der Waals surface area contributed by atoms with Gasteiger partial charge in [-0.05, 0) is 31.2 Å². The van der Waals surface area contributed by atoms with Crippen molar-refractivity contribution in [3.63, 3.8) is 0 Å². The van der Waals surface area contributed by atoms with E-state index < -0.39 is 0 Å². The lowest BCUT2D eigenvalue weighted by Crippen LogP contribution is -1.89. The molecule has 0 aliphatic heterocycles. The van der Waals surface area contributed by atoms with E-state index in [1.165, 1.54) is 0 Å². The van der Waals surface area contributed by atoms with Crippen molar-refractivity contribution in [3.8, 4) is 11.5 Å². The van der Waals surface area contributed by atoms with Gasteiger partial charge in [0.15, 0.2) is 0 Å². The summed E-state index contributed by atoms with van der Waals surface area (Å²) in [4.78, 5) is 4.09. The van der Waals surface area contributed by atoms with Gasteiger partial charge in [0.1, 0.15) is 5.82 Å². The SMILES string of the molecule is Cc1ncc2oc(-c3ccc(N)cc3)nn12. The van der Waals surface area contributed by atoms with Crippen molar-refractivity contribution in [1.82, 2.24) is 14.6 Å². The maximum atomic E-state index is 5.62. The number of benzene rings is 1. The van der Waals surface area contributed by atoms with Gasteiger partial charge < -0.3 is 10.2 Å². The molecule has 0 radical (unpaired) electrons. The molecule has 0 aliphatic rings. The summed E-state index contributed by atoms with van der Waals surface area (Å²) in [7, 11) is 0. The summed E-state index contributed by atoms with van der Waals surface area (Å²) >= 11 is 0. The lowest BCUT2D eigenvalue weighted by Gasteiger charge is -1.94. The van der Waals surface area contributed by atoms with Gasteiger partial charge in [-0.2, -0.15) is 4.52 Å². The molecule has 1 aromatic carbocycles. The van der Waals surface area contributed by atoms with Gasteiger partial charge in [0.25, 0.3) is 0 Å². The molecule has 0 amide bonds. The molecule has 3 aromatic rings. The van der Waals surface area contributed by atoms with E-state index in [1.807, 2.05) is 31.2 Å². The Morgan fingerprint density at radius 3 is 2.69 bits per heavy atom. The number of imidazole rings is 1. The largest absolute Gasteiger partial charge is 0.417 e. The Kier molecular flexibility index (Phi) is 1.73. The molecule has 0 spiro atoms. The first kappa shape index (κ1) is 8.96. The van der Waals surface area contributed by atoms with Gasteiger partial charge in [-0.15, -0.1) is 5.10 Å². The zero-order chi connectivity index (χ0) is 11.1. The molecule has 5 nitrogen and oxygen atoms in total. The Labute approximate surface area is 91.5 Å². The van der Waals surface area contributed by atoms with Crippen molar-refractivity contribution in [2.75, 3.05) is 5.73 Å². The van der Waals surface area contributed by atoms with Gasteiger partial charge in [0, 0.05) is 11.3 Å². The van der Waals surface area contributed by atoms with Crippen molar-refractivity contribution in [1.29, 1.82) is 0 Å². The first-order valence-electron chi connectivity index (χ1n) is 4.91. The highest BCUT2D eigenvalue weighted by Gasteiger charge is 2.09. The third-order valence-corrected chi connectivity index (χ3v) is 2.43. The van der Waals surface area contributed by atoms with Crippen LogP contribution in [0.15, 0.2) is 34.9 Å². The molecule has 0 bridgehead atoms. The summed E-state index contributed by atoms with van der Waals surface area (Å²) in [6.07, 6.45) is 1.66. The van der Waals surface area contributed by atoms with E-state index in [0.29, 0.717) is 11.6 Å². The average Bonchev–Trinajstić information content (AvgIpc) is 2.83. The number of anilines is 1. The number of aromatic nitrogens is 3. The second-order valence-corrected chi connectivity index (χ2v) is 3.58. The summed E-state index contributed by atoms with van der Waals surface area (Å²) in [5.41, 5.74) is 7.88. The van der Waals surface area contributed by atoms with Gasteiger partial charge in [0.2, 0.25) is 11.6 Å². The van der Waals surface area contributed by atoms with Crippen molar-refractivity contribution >= 4 is 11.4 Å². The normalized spacial score (nSPS) is 11.1. The molecule has 0 unspecified atom stereocenters. The Morgan fingerprint density at radius 1 is 1.25 bits per heavy atom. The second kappa shape index (κ2) is 3.10. The topological polar surface area (TPSA) is 69.3 Å². The van der Waals surface area contributed by atoms with Crippen LogP contribution < -0.4 is 5.73 Å². The number of nitrogens with two attached hydrogens (primary N) is 1. The van der Waals surface area contributed by atoms with Gasteiger partial charge in [-0.3, -0.25) is 0 Å². The van der Waals surface area contributed by atoms with Gasteiger partial charge >= 0.3 is 0 Å². The standard InChI is InChI=1S/C11H10N4O/c1-7-13-6-10-15(7)14-11(16-10)8-2-4-9(12)5-3-8/h2-6H,12H2,1H3. The van der Waals surface area contributed by atoms with Gasteiger partial charge in [-0.1, -0.05) is 0 Å². The Bertz CT molecular complexity index is 636. The smallest absolute Gasteiger partial charge is 0.246 e. The maximum absolute atomic E-state index is 5.62. The highest BCUT2D eigenvalue weighted by molar-refractivity contribution is 5.58. The quantitative estimate of drug-likeness (QED) is 0.628. The van der Waals surface area contributed by atoms with Crippen LogP contribution in [0.1, 0.15) is 5.82 Å². The van der Waals surface area contributed by atoms with Gasteiger partial charge in [-0.25, -0.2) is 4.98 Å². The molecule has 16 heavy (non-hydrogen) atoms. The Morgan fingerprint density at radius 2 is 2.00 bits per heavy atom. The number of rotatable bonds is 1. The first-order valence-corrected chi connectivity index (χ1v) is 4.91. The van der Waals surface area contributed by atoms with Crippen molar-refractivity contribution < 1.29 is 4.42 Å². The average molecular weight is 214 g/mol. The van der Waals surface area contributed by atoms with E-state index in [-0.39, 0.29) is 0 Å². The number of nitrogen functional groups attached to an aromatic ring is 1. The molecular formula is C11H10N4O. The van der Waals surface area contributed by atoms with Crippen LogP contribution in [0, 0.1) is 6.92 Å². The molecule has 2 N–H and O–H groups in total. The highest BCUT2D eigenvalue weighted by atomic mass is 16.4. The van der Waals surface area contributed by atoms with Crippen molar-refractivity contribution in [3.05, 3.63) is 36.3 Å². The van der Waals surface area contributed by atoms with E-state index in [9.17, 15) is 0 Å². The molecule has 3 rings (SSSR count). The van der Waals surface area contributed by atoms with Crippen LogP contribution in [0.4, 0.5) is 5.69 Å². The van der Waals surface area contributed by atoms with E-state index in [1.54, 1.807) is 10.7 Å². The fourth-order valence-electron chi connectivity index (χ4n) is 1.56. The maximum Gasteiger partial charge on any atom is 0.246 e. The van der Waals surface area contributed by atoms with E-state index in [4.69, 9.17) is 10.2 Å². The minimum Gasteiger partial charge on any atom is -0.417 e. The highest BCUT2D eigenvalue weighted by Crippen LogP contribution is 2.21. The fraction of sp³-hybridized carbons (Fsp3) is 0.0909. The molecule has 0 saturated heterocycles. The number of hydrogen-bond donors (Lipinski definition) is 1. The number of aryl methyl sites for hydroxylation is 1. The fourth-order valence-corrected chi connectivity index (χ4v) is 1.56. The van der Waals surface area contributed by atoms with E-state index in [0.717, 1.165) is 17.1 Å². The summed E-state index contributed by atoms with van der Waals surface area (Å²) in [5, 5.41) is 4.32. The molecule has 0 saturated carbocycles. The minimum atomic E-state index is 0.570. The summed E-state index contributed by atoms with van der Waals surface area (Å²) in [6.45, 7) is 1.88. The molecule has 2 aromatic heterocycles. The van der Waals surface area contributed by atoms with Crippen LogP contribution in [-0.4, -0.2) is 14.6 Å². The third-order valence-electron chi connectivity index (χ3n) is 2.43. The Balaban J connectivity index is 2.15. The summed E-state index contributed by atoms with van der Waals surface area (Å²) in [5.74, 6) is 1.38. The number of hydrogen-bond acceptors (Lipinski definition) is 4. The minimum absolute atomic E-state index is 0.570. The number of nitrogens with zero attached hydrogens (tertiary/aromatic N) is 3. The van der Waals surface area contributed by atoms with Crippen LogP contribution in [0.2, 0.25) is 0 Å². The van der Waals surface area contributed by atoms with Crippen LogP contribution in [0.3, 0.4) is 0 Å². The third kappa shape index (κ3) is 1.25. The lowest BCUT2D eigenvalue weighted by molar-refractivity contribution is 0.617. The molecule has 0 fully saturated rings. The van der Waals surface area contributed by atoms with Gasteiger partial charge in [0.05, 0.1) is 6.20 Å². The zero-order valence-corrected chi connectivity index (χ0v) is 8.71. The van der Waals surface area contributed by atoms with E-state index in [2.05, 4.69) is 10.1 Å². The van der Waals surface area contributed by atoms with Crippen LogP contribution >= 0.6 is 0 Å². The lowest BCUT2D eigenvalue weighted by atomic mass is 10.2. The predicted molar refractivity (Wildman–Crippen MR) is 59.8 cm³/mol. The first-order chi connectivity index (χ1) is 7.74. The van der Waals surface area contributed by atoms with Crippen molar-refractivity contribution in [2.45, 2.75) is 6.92 Å². The molecule has 0 atom stereocenters. The summed E-state index contributed by atoms with van der Waals surface area (Å²) in [6, 6.07) is 7.40. The molecule has 80 valence electrons. The summed E-state index contributed by atoms with van der Waals surface area (Å²) < 4.78 is 7.24.